The van der Waals surface area contributed by atoms with Gasteiger partial charge in [-0.1, -0.05) is 32.9 Å². The third-order valence-corrected chi connectivity index (χ3v) is 3.09. The number of carbonyl (C=O) groups excluding carboxylic acids is 2. The maximum atomic E-state index is 12.0. The summed E-state index contributed by atoms with van der Waals surface area (Å²) in [5, 5.41) is 0. The van der Waals surface area contributed by atoms with Crippen molar-refractivity contribution < 1.29 is 9.59 Å². The molecule has 2 nitrogen and oxygen atoms in total. The molecule has 0 aromatic heterocycles. The zero-order valence-corrected chi connectivity index (χ0v) is 12.2. The maximum absolute atomic E-state index is 12.0. The number of rotatable bonds is 3. The number of hydrogen-bond donors (Lipinski definition) is 0. The molecule has 0 N–H and O–H groups in total. The van der Waals surface area contributed by atoms with E-state index in [0.29, 0.717) is 5.56 Å². The van der Waals surface area contributed by atoms with Crippen LogP contribution in [0.25, 0.3) is 0 Å². The van der Waals surface area contributed by atoms with Crippen LogP contribution in [0.4, 0.5) is 0 Å². The van der Waals surface area contributed by atoms with Crippen LogP contribution in [0.1, 0.15) is 61.2 Å². The van der Waals surface area contributed by atoms with E-state index in [1.54, 1.807) is 0 Å². The predicted molar refractivity (Wildman–Crippen MR) is 74.2 cm³/mol. The molecule has 0 bridgehead atoms. The van der Waals surface area contributed by atoms with Crippen LogP contribution in [0.5, 0.6) is 0 Å². The Bertz CT molecular complexity index is 467. The van der Waals surface area contributed by atoms with Crippen molar-refractivity contribution >= 4 is 11.6 Å². The van der Waals surface area contributed by atoms with E-state index in [9.17, 15) is 9.59 Å². The number of aryl methyl sites for hydroxylation is 2. The van der Waals surface area contributed by atoms with Crippen molar-refractivity contribution in [3.8, 4) is 0 Å². The van der Waals surface area contributed by atoms with Gasteiger partial charge in [0.05, 0.1) is 6.42 Å². The highest BCUT2D eigenvalue weighted by molar-refractivity contribution is 6.08. The summed E-state index contributed by atoms with van der Waals surface area (Å²) in [6.07, 6.45) is -0.00343. The molecule has 0 aliphatic rings. The first-order valence-corrected chi connectivity index (χ1v) is 6.27. The number of Topliss-reactive ketones (excluding diaryl/α,β-unsaturated/α-hetero) is 2. The summed E-state index contributed by atoms with van der Waals surface area (Å²) in [6, 6.07) is 4.11. The molecule has 0 spiro atoms. The summed E-state index contributed by atoms with van der Waals surface area (Å²) in [5.41, 5.74) is 3.92. The van der Waals surface area contributed by atoms with Gasteiger partial charge in [-0.25, -0.2) is 0 Å². The van der Waals surface area contributed by atoms with E-state index < -0.39 is 0 Å². The fourth-order valence-electron chi connectivity index (χ4n) is 2.15. The summed E-state index contributed by atoms with van der Waals surface area (Å²) in [4.78, 5) is 23.1. The molecule has 0 saturated heterocycles. The van der Waals surface area contributed by atoms with E-state index >= 15 is 0 Å². The molecule has 2 heteroatoms. The van der Waals surface area contributed by atoms with Crippen molar-refractivity contribution in [2.75, 3.05) is 0 Å². The molecular weight excluding hydrogens is 224 g/mol. The maximum Gasteiger partial charge on any atom is 0.170 e. The van der Waals surface area contributed by atoms with Crippen LogP contribution in [0.2, 0.25) is 0 Å². The van der Waals surface area contributed by atoms with E-state index in [1.165, 1.54) is 12.5 Å². The van der Waals surface area contributed by atoms with Gasteiger partial charge in [-0.2, -0.15) is 0 Å². The topological polar surface area (TPSA) is 34.1 Å². The van der Waals surface area contributed by atoms with Crippen molar-refractivity contribution in [3.63, 3.8) is 0 Å². The lowest BCUT2D eigenvalue weighted by Crippen LogP contribution is -2.15. The molecule has 1 rings (SSSR count). The molecule has 0 fully saturated rings. The Morgan fingerprint density at radius 3 is 1.83 bits per heavy atom. The molecule has 0 radical (unpaired) electrons. The highest BCUT2D eigenvalue weighted by Gasteiger charge is 2.19. The molecule has 18 heavy (non-hydrogen) atoms. The minimum Gasteiger partial charge on any atom is -0.300 e. The van der Waals surface area contributed by atoms with Crippen molar-refractivity contribution in [2.24, 2.45) is 0 Å². The van der Waals surface area contributed by atoms with Gasteiger partial charge in [0.1, 0.15) is 5.78 Å². The Hall–Kier alpha value is -1.44. The molecule has 0 amide bonds. The van der Waals surface area contributed by atoms with Gasteiger partial charge in [0.15, 0.2) is 5.78 Å². The summed E-state index contributed by atoms with van der Waals surface area (Å²) in [6.45, 7) is 11.8. The standard InChI is InChI=1S/C16H22O2/c1-10-7-13(16(4,5)6)8-11(2)15(10)14(18)9-12(3)17/h7-8H,9H2,1-6H3. The summed E-state index contributed by atoms with van der Waals surface area (Å²) >= 11 is 0. The summed E-state index contributed by atoms with van der Waals surface area (Å²) in [5.74, 6) is -0.156. The Balaban J connectivity index is 3.25. The lowest BCUT2D eigenvalue weighted by atomic mass is 9.83. The molecule has 0 aliphatic heterocycles. The fourth-order valence-corrected chi connectivity index (χ4v) is 2.15. The lowest BCUT2D eigenvalue weighted by molar-refractivity contribution is -0.116. The normalized spacial score (nSPS) is 11.4. The highest BCUT2D eigenvalue weighted by Crippen LogP contribution is 2.27. The van der Waals surface area contributed by atoms with E-state index in [2.05, 4.69) is 32.9 Å². The zero-order chi connectivity index (χ0) is 14.1. The second kappa shape index (κ2) is 5.05. The Morgan fingerprint density at radius 1 is 1.06 bits per heavy atom. The van der Waals surface area contributed by atoms with Crippen LogP contribution in [0, 0.1) is 13.8 Å². The van der Waals surface area contributed by atoms with Crippen molar-refractivity contribution in [3.05, 3.63) is 34.4 Å². The second-order valence-corrected chi connectivity index (χ2v) is 6.04. The first-order chi connectivity index (χ1) is 8.12. The summed E-state index contributed by atoms with van der Waals surface area (Å²) in [7, 11) is 0. The second-order valence-electron chi connectivity index (χ2n) is 6.04. The van der Waals surface area contributed by atoms with Gasteiger partial charge < -0.3 is 0 Å². The third-order valence-electron chi connectivity index (χ3n) is 3.09. The van der Waals surface area contributed by atoms with Crippen LogP contribution < -0.4 is 0 Å². The van der Waals surface area contributed by atoms with Crippen molar-refractivity contribution in [1.29, 1.82) is 0 Å². The number of benzene rings is 1. The third kappa shape index (κ3) is 3.28. The van der Waals surface area contributed by atoms with E-state index in [1.807, 2.05) is 13.8 Å². The van der Waals surface area contributed by atoms with Gasteiger partial charge >= 0.3 is 0 Å². The monoisotopic (exact) mass is 246 g/mol. The summed E-state index contributed by atoms with van der Waals surface area (Å²) < 4.78 is 0. The van der Waals surface area contributed by atoms with Gasteiger partial charge in [-0.05, 0) is 42.9 Å². The number of ketones is 2. The van der Waals surface area contributed by atoms with Gasteiger partial charge in [0.2, 0.25) is 0 Å². The first kappa shape index (κ1) is 14.6. The number of carbonyl (C=O) groups is 2. The molecule has 98 valence electrons. The molecule has 1 aromatic rings. The Kier molecular flexibility index (Phi) is 4.10. The molecule has 1 aromatic carbocycles. The van der Waals surface area contributed by atoms with Crippen LogP contribution >= 0.6 is 0 Å². The van der Waals surface area contributed by atoms with E-state index in [-0.39, 0.29) is 23.4 Å². The Labute approximate surface area is 109 Å². The van der Waals surface area contributed by atoms with Crippen LogP contribution in [0.3, 0.4) is 0 Å². The molecule has 0 saturated carbocycles. The van der Waals surface area contributed by atoms with Crippen molar-refractivity contribution in [1.82, 2.24) is 0 Å². The first-order valence-electron chi connectivity index (χ1n) is 6.27. The predicted octanol–water partition coefficient (Wildman–Crippen LogP) is 3.76. The molecule has 0 atom stereocenters. The average Bonchev–Trinajstić information content (AvgIpc) is 2.13. The van der Waals surface area contributed by atoms with Gasteiger partial charge in [0, 0.05) is 5.56 Å². The van der Waals surface area contributed by atoms with Crippen LogP contribution in [0.15, 0.2) is 12.1 Å². The Morgan fingerprint density at radius 2 is 1.50 bits per heavy atom. The van der Waals surface area contributed by atoms with Gasteiger partial charge in [0.25, 0.3) is 0 Å². The van der Waals surface area contributed by atoms with E-state index in [0.717, 1.165) is 11.1 Å². The minimum absolute atomic E-state index is 0.00343. The fraction of sp³-hybridized carbons (Fsp3) is 0.500. The van der Waals surface area contributed by atoms with Gasteiger partial charge in [-0.3, -0.25) is 9.59 Å². The van der Waals surface area contributed by atoms with Crippen LogP contribution in [-0.4, -0.2) is 11.6 Å². The largest absolute Gasteiger partial charge is 0.300 e. The van der Waals surface area contributed by atoms with E-state index in [4.69, 9.17) is 0 Å². The smallest absolute Gasteiger partial charge is 0.170 e. The molecular formula is C16H22O2. The highest BCUT2D eigenvalue weighted by atomic mass is 16.1. The van der Waals surface area contributed by atoms with Crippen LogP contribution in [-0.2, 0) is 10.2 Å². The van der Waals surface area contributed by atoms with Crippen molar-refractivity contribution in [2.45, 2.75) is 53.4 Å². The number of hydrogen-bond acceptors (Lipinski definition) is 2. The molecule has 0 unspecified atom stereocenters. The molecule has 0 aliphatic carbocycles. The SMILES string of the molecule is CC(=O)CC(=O)c1c(C)cc(C(C)(C)C)cc1C. The zero-order valence-electron chi connectivity index (χ0n) is 12.2. The van der Waals surface area contributed by atoms with Gasteiger partial charge in [-0.15, -0.1) is 0 Å². The minimum atomic E-state index is -0.0845. The quantitative estimate of drug-likeness (QED) is 0.601. The average molecular weight is 246 g/mol. The lowest BCUT2D eigenvalue weighted by Gasteiger charge is -2.22. The molecule has 0 heterocycles.